The van der Waals surface area contributed by atoms with Crippen LogP contribution in [-0.4, -0.2) is 72.2 Å². The molecule has 1 saturated carbocycles. The summed E-state index contributed by atoms with van der Waals surface area (Å²) in [7, 11) is 1.65. The molecule has 3 aliphatic rings. The summed E-state index contributed by atoms with van der Waals surface area (Å²) in [6.07, 6.45) is 6.11. The van der Waals surface area contributed by atoms with Crippen molar-refractivity contribution in [1.82, 2.24) is 9.80 Å². The molecule has 0 aromatic carbocycles. The zero-order valence-electron chi connectivity index (χ0n) is 14.8. The Hall–Kier alpha value is -1.14. The van der Waals surface area contributed by atoms with Crippen molar-refractivity contribution in [3.63, 3.8) is 0 Å². The van der Waals surface area contributed by atoms with Crippen LogP contribution >= 0.6 is 0 Å². The van der Waals surface area contributed by atoms with Crippen LogP contribution in [0.2, 0.25) is 0 Å². The first-order valence-electron chi connectivity index (χ1n) is 9.27. The molecule has 2 aliphatic heterocycles. The molecule has 1 unspecified atom stereocenters. The number of carbonyl (C=O) groups is 2. The van der Waals surface area contributed by atoms with E-state index in [1.807, 2.05) is 9.80 Å². The Morgan fingerprint density at radius 2 is 1.88 bits per heavy atom. The molecule has 24 heavy (non-hydrogen) atoms. The maximum Gasteiger partial charge on any atom is 0.229 e. The first kappa shape index (κ1) is 17.7. The van der Waals surface area contributed by atoms with Gasteiger partial charge in [0.2, 0.25) is 11.8 Å². The predicted molar refractivity (Wildman–Crippen MR) is 89.4 cm³/mol. The van der Waals surface area contributed by atoms with E-state index in [1.54, 1.807) is 7.11 Å². The van der Waals surface area contributed by atoms with E-state index in [1.165, 1.54) is 0 Å². The van der Waals surface area contributed by atoms with Gasteiger partial charge >= 0.3 is 0 Å². The second-order valence-corrected chi connectivity index (χ2v) is 7.80. The fourth-order valence-corrected chi connectivity index (χ4v) is 4.37. The summed E-state index contributed by atoms with van der Waals surface area (Å²) < 4.78 is 5.09. The lowest BCUT2D eigenvalue weighted by atomic mass is 9.77. The second kappa shape index (κ2) is 7.00. The molecule has 1 aliphatic carbocycles. The molecule has 1 N–H and O–H groups in total. The number of likely N-dealkylation sites (tertiary alicyclic amines) is 2. The highest BCUT2D eigenvalue weighted by Gasteiger charge is 2.47. The van der Waals surface area contributed by atoms with Gasteiger partial charge in [-0.05, 0) is 44.9 Å². The van der Waals surface area contributed by atoms with Crippen molar-refractivity contribution >= 4 is 11.8 Å². The van der Waals surface area contributed by atoms with E-state index in [4.69, 9.17) is 4.74 Å². The minimum atomic E-state index is -0.763. The molecule has 1 atom stereocenters. The number of hydrogen-bond acceptors (Lipinski definition) is 4. The number of carbonyl (C=O) groups excluding carboxylic acids is 2. The van der Waals surface area contributed by atoms with Gasteiger partial charge in [-0.2, -0.15) is 0 Å². The van der Waals surface area contributed by atoms with Gasteiger partial charge in [-0.15, -0.1) is 0 Å². The molecule has 6 heteroatoms. The highest BCUT2D eigenvalue weighted by Crippen LogP contribution is 2.42. The summed E-state index contributed by atoms with van der Waals surface area (Å²) in [6.45, 7) is 3.38. The van der Waals surface area contributed by atoms with Gasteiger partial charge in [-0.1, -0.05) is 0 Å². The Labute approximate surface area is 144 Å². The van der Waals surface area contributed by atoms with E-state index in [-0.39, 0.29) is 23.7 Å². The van der Waals surface area contributed by atoms with Crippen LogP contribution in [0.5, 0.6) is 0 Å². The van der Waals surface area contributed by atoms with Crippen LogP contribution in [0.4, 0.5) is 0 Å². The van der Waals surface area contributed by atoms with E-state index >= 15 is 0 Å². The van der Waals surface area contributed by atoms with Crippen LogP contribution in [0.15, 0.2) is 0 Å². The Kier molecular flexibility index (Phi) is 5.16. The third-order valence-corrected chi connectivity index (χ3v) is 6.23. The van der Waals surface area contributed by atoms with Crippen molar-refractivity contribution in [2.75, 3.05) is 39.9 Å². The molecule has 6 nitrogen and oxygen atoms in total. The molecular formula is C18H30N2O4. The van der Waals surface area contributed by atoms with Crippen molar-refractivity contribution in [3.8, 4) is 0 Å². The van der Waals surface area contributed by atoms with Crippen LogP contribution < -0.4 is 0 Å². The summed E-state index contributed by atoms with van der Waals surface area (Å²) in [5, 5.41) is 10.2. The number of ether oxygens (including phenoxy) is 1. The van der Waals surface area contributed by atoms with Crippen molar-refractivity contribution < 1.29 is 19.4 Å². The molecule has 0 aromatic rings. The minimum Gasteiger partial charge on any atom is -0.389 e. The lowest BCUT2D eigenvalue weighted by molar-refractivity contribution is -0.141. The zero-order valence-corrected chi connectivity index (χ0v) is 14.8. The lowest BCUT2D eigenvalue weighted by Crippen LogP contribution is -2.44. The fraction of sp³-hybridized carbons (Fsp3) is 0.889. The van der Waals surface area contributed by atoms with E-state index in [9.17, 15) is 14.7 Å². The Bertz CT molecular complexity index is 491. The van der Waals surface area contributed by atoms with Gasteiger partial charge in [0.15, 0.2) is 0 Å². The average molecular weight is 338 g/mol. The quantitative estimate of drug-likeness (QED) is 0.817. The molecule has 2 heterocycles. The first-order valence-corrected chi connectivity index (χ1v) is 9.27. The van der Waals surface area contributed by atoms with Crippen LogP contribution in [0, 0.1) is 5.41 Å². The van der Waals surface area contributed by atoms with Gasteiger partial charge in [0.05, 0.1) is 24.0 Å². The molecule has 136 valence electrons. The van der Waals surface area contributed by atoms with Crippen molar-refractivity contribution in [2.45, 2.75) is 57.0 Å². The summed E-state index contributed by atoms with van der Waals surface area (Å²) in [5.41, 5.74) is -1.04. The minimum absolute atomic E-state index is 0.0518. The highest BCUT2D eigenvalue weighted by molar-refractivity contribution is 5.85. The Morgan fingerprint density at radius 3 is 2.54 bits per heavy atom. The normalized spacial score (nSPS) is 29.7. The molecule has 1 spiro atoms. The van der Waals surface area contributed by atoms with Crippen molar-refractivity contribution in [1.29, 1.82) is 0 Å². The van der Waals surface area contributed by atoms with Crippen LogP contribution in [-0.2, 0) is 14.3 Å². The number of rotatable bonds is 5. The summed E-state index contributed by atoms with van der Waals surface area (Å²) in [6, 6.07) is 0. The topological polar surface area (TPSA) is 70.1 Å². The number of hydrogen-bond donors (Lipinski definition) is 1. The lowest BCUT2D eigenvalue weighted by Gasteiger charge is -2.37. The smallest absolute Gasteiger partial charge is 0.229 e. The van der Waals surface area contributed by atoms with Crippen LogP contribution in [0.25, 0.3) is 0 Å². The van der Waals surface area contributed by atoms with Gasteiger partial charge in [-0.3, -0.25) is 9.59 Å². The molecule has 2 amide bonds. The molecule has 2 saturated heterocycles. The number of amides is 2. The maximum absolute atomic E-state index is 12.8. The standard InChI is InChI=1S/C18H30N2O4/c1-24-13-12-20-11-8-17(16(20)22)4-3-9-19(10-7-17)15(21)14-18(23)5-2-6-18/h23H,2-14H2,1H3. The first-order chi connectivity index (χ1) is 11.5. The number of methoxy groups -OCH3 is 1. The molecule has 0 bridgehead atoms. The van der Waals surface area contributed by atoms with Gasteiger partial charge in [0, 0.05) is 33.3 Å². The second-order valence-electron chi connectivity index (χ2n) is 7.80. The maximum atomic E-state index is 12.8. The summed E-state index contributed by atoms with van der Waals surface area (Å²) in [5.74, 6) is 0.294. The molecule has 0 aromatic heterocycles. The van der Waals surface area contributed by atoms with E-state index < -0.39 is 5.60 Å². The van der Waals surface area contributed by atoms with Gasteiger partial charge < -0.3 is 19.6 Å². The van der Waals surface area contributed by atoms with Crippen LogP contribution in [0.3, 0.4) is 0 Å². The SMILES string of the molecule is COCCN1CCC2(CCCN(C(=O)CC3(O)CCC3)CC2)C1=O. The van der Waals surface area contributed by atoms with E-state index in [2.05, 4.69) is 0 Å². The molecule has 3 rings (SSSR count). The predicted octanol–water partition coefficient (Wildman–Crippen LogP) is 1.17. The van der Waals surface area contributed by atoms with Gasteiger partial charge in [0.25, 0.3) is 0 Å². The Balaban J connectivity index is 1.57. The molecule has 0 radical (unpaired) electrons. The van der Waals surface area contributed by atoms with Crippen molar-refractivity contribution in [2.24, 2.45) is 5.41 Å². The molecule has 3 fully saturated rings. The van der Waals surface area contributed by atoms with Crippen molar-refractivity contribution in [3.05, 3.63) is 0 Å². The third kappa shape index (κ3) is 3.45. The highest BCUT2D eigenvalue weighted by atomic mass is 16.5. The van der Waals surface area contributed by atoms with Gasteiger partial charge in [0.1, 0.15) is 0 Å². The largest absolute Gasteiger partial charge is 0.389 e. The van der Waals surface area contributed by atoms with E-state index in [0.29, 0.717) is 26.2 Å². The Morgan fingerprint density at radius 1 is 1.12 bits per heavy atom. The monoisotopic (exact) mass is 338 g/mol. The zero-order chi connectivity index (χ0) is 17.2. The summed E-state index contributed by atoms with van der Waals surface area (Å²) in [4.78, 5) is 29.1. The average Bonchev–Trinajstić information content (AvgIpc) is 2.72. The number of nitrogens with zero attached hydrogens (tertiary/aromatic N) is 2. The van der Waals surface area contributed by atoms with Gasteiger partial charge in [-0.25, -0.2) is 0 Å². The van der Waals surface area contributed by atoms with E-state index in [0.717, 1.165) is 51.5 Å². The van der Waals surface area contributed by atoms with Crippen LogP contribution in [0.1, 0.15) is 51.4 Å². The molecular weight excluding hydrogens is 308 g/mol. The number of aliphatic hydroxyl groups is 1. The fourth-order valence-electron chi connectivity index (χ4n) is 4.37. The third-order valence-electron chi connectivity index (χ3n) is 6.23. The summed E-state index contributed by atoms with van der Waals surface area (Å²) >= 11 is 0.